The third-order valence-corrected chi connectivity index (χ3v) is 7.75. The summed E-state index contributed by atoms with van der Waals surface area (Å²) >= 11 is 0. The minimum absolute atomic E-state index is 0.106. The number of aliphatic hydroxyl groups is 1. The Morgan fingerprint density at radius 2 is 1.03 bits per heavy atom. The molecule has 1 rings (SSSR count). The Balaban J connectivity index is 2.50. The summed E-state index contributed by atoms with van der Waals surface area (Å²) in [5.74, 6) is 0.672. The van der Waals surface area contributed by atoms with Gasteiger partial charge in [0.15, 0.2) is 0 Å². The summed E-state index contributed by atoms with van der Waals surface area (Å²) in [5.41, 5.74) is 1.62. The predicted octanol–water partition coefficient (Wildman–Crippen LogP) is 10.0. The largest absolute Gasteiger partial charge is 0.393 e. The molecular weight excluding hydrogens is 400 g/mol. The van der Waals surface area contributed by atoms with Crippen LogP contribution in [-0.2, 0) is 6.42 Å². The molecule has 0 radical (unpaired) electrons. The summed E-state index contributed by atoms with van der Waals surface area (Å²) in [6.07, 6.45) is 18.2. The van der Waals surface area contributed by atoms with Crippen molar-refractivity contribution in [2.24, 2.45) is 22.7 Å². The van der Waals surface area contributed by atoms with Gasteiger partial charge in [0.25, 0.3) is 0 Å². The number of aryl methyl sites for hydroxylation is 1. The third kappa shape index (κ3) is 13.0. The van der Waals surface area contributed by atoms with Crippen LogP contribution in [0.2, 0.25) is 0 Å². The van der Waals surface area contributed by atoms with E-state index in [0.717, 1.165) is 19.3 Å². The Kier molecular flexibility index (Phi) is 14.6. The highest BCUT2D eigenvalue weighted by Crippen LogP contribution is 2.42. The summed E-state index contributed by atoms with van der Waals surface area (Å²) in [4.78, 5) is 0. The van der Waals surface area contributed by atoms with Gasteiger partial charge in [-0.05, 0) is 47.5 Å². The number of rotatable bonds is 17. The minimum atomic E-state index is -0.239. The Hall–Kier alpha value is -0.820. The average molecular weight is 459 g/mol. The van der Waals surface area contributed by atoms with Crippen molar-refractivity contribution in [1.29, 1.82) is 0 Å². The van der Waals surface area contributed by atoms with Crippen molar-refractivity contribution in [3.05, 3.63) is 35.9 Å². The quantitative estimate of drug-likeness (QED) is 0.230. The minimum Gasteiger partial charge on any atom is -0.393 e. The topological polar surface area (TPSA) is 20.2 Å². The van der Waals surface area contributed by atoms with Crippen LogP contribution in [0.3, 0.4) is 0 Å². The van der Waals surface area contributed by atoms with Crippen LogP contribution in [0.25, 0.3) is 0 Å². The van der Waals surface area contributed by atoms with Gasteiger partial charge >= 0.3 is 0 Å². The van der Waals surface area contributed by atoms with Crippen LogP contribution in [0.5, 0.6) is 0 Å². The molecule has 0 aliphatic rings. The van der Waals surface area contributed by atoms with Crippen molar-refractivity contribution in [3.8, 4) is 0 Å². The van der Waals surface area contributed by atoms with E-state index < -0.39 is 0 Å². The van der Waals surface area contributed by atoms with E-state index in [1.807, 2.05) is 0 Å². The molecule has 0 aromatic heterocycles. The molecule has 0 bridgehead atoms. The summed E-state index contributed by atoms with van der Waals surface area (Å²) in [5, 5.41) is 11.7. The first kappa shape index (κ1) is 30.2. The molecule has 1 aromatic carbocycles. The van der Waals surface area contributed by atoms with E-state index >= 15 is 0 Å². The van der Waals surface area contributed by atoms with Crippen molar-refractivity contribution in [3.63, 3.8) is 0 Å². The first-order chi connectivity index (χ1) is 15.6. The van der Waals surface area contributed by atoms with Crippen LogP contribution in [-0.4, -0.2) is 11.2 Å². The smallest absolute Gasteiger partial charge is 0.0606 e. The zero-order chi connectivity index (χ0) is 24.7. The molecule has 0 saturated carbocycles. The molecule has 1 nitrogen and oxygen atoms in total. The van der Waals surface area contributed by atoms with E-state index in [-0.39, 0.29) is 16.9 Å². The number of aliphatic hydroxyl groups excluding tert-OH is 1. The molecule has 0 aliphatic carbocycles. The summed E-state index contributed by atoms with van der Waals surface area (Å²) in [6, 6.07) is 10.8. The van der Waals surface area contributed by atoms with Crippen molar-refractivity contribution < 1.29 is 5.11 Å². The van der Waals surface area contributed by atoms with Crippen LogP contribution in [0.4, 0.5) is 0 Å². The molecular formula is C32H58O. The highest BCUT2D eigenvalue weighted by Gasteiger charge is 2.39. The fraction of sp³-hybridized carbons (Fsp3) is 0.812. The van der Waals surface area contributed by atoms with Gasteiger partial charge in [-0.15, -0.1) is 0 Å². The van der Waals surface area contributed by atoms with Crippen molar-refractivity contribution in [2.45, 2.75) is 144 Å². The van der Waals surface area contributed by atoms with E-state index in [1.54, 1.807) is 0 Å². The fourth-order valence-electron chi connectivity index (χ4n) is 5.51. The molecule has 1 heteroatoms. The van der Waals surface area contributed by atoms with Crippen molar-refractivity contribution >= 4 is 0 Å². The second kappa shape index (κ2) is 16.0. The van der Waals surface area contributed by atoms with Gasteiger partial charge in [-0.2, -0.15) is 0 Å². The average Bonchev–Trinajstić information content (AvgIpc) is 2.73. The van der Waals surface area contributed by atoms with Gasteiger partial charge in [0.1, 0.15) is 0 Å². The Morgan fingerprint density at radius 1 is 0.606 bits per heavy atom. The molecule has 33 heavy (non-hydrogen) atoms. The lowest BCUT2D eigenvalue weighted by Crippen LogP contribution is -2.42. The lowest BCUT2D eigenvalue weighted by molar-refractivity contribution is -0.0441. The highest BCUT2D eigenvalue weighted by atomic mass is 16.3. The summed E-state index contributed by atoms with van der Waals surface area (Å²) in [6.45, 7) is 16.2. The number of hydrogen-bond acceptors (Lipinski definition) is 1. The number of unbranched alkanes of at least 4 members (excludes halogenated alkanes) is 10. The maximum atomic E-state index is 11.7. The molecule has 0 heterocycles. The SMILES string of the molecule is CCCCCCCCCCCCCC(C(O)C(CCc1ccccc1)C(C)(C)C)C(C)(C)C. The van der Waals surface area contributed by atoms with Crippen LogP contribution in [0.15, 0.2) is 30.3 Å². The monoisotopic (exact) mass is 458 g/mol. The molecule has 1 aromatic rings. The summed E-state index contributed by atoms with van der Waals surface area (Å²) in [7, 11) is 0. The van der Waals surface area contributed by atoms with Gasteiger partial charge in [0.05, 0.1) is 6.10 Å². The van der Waals surface area contributed by atoms with Crippen LogP contribution in [0, 0.1) is 22.7 Å². The van der Waals surface area contributed by atoms with Gasteiger partial charge in [-0.1, -0.05) is 149 Å². The lowest BCUT2D eigenvalue weighted by Gasteiger charge is -2.43. The predicted molar refractivity (Wildman–Crippen MR) is 148 cm³/mol. The lowest BCUT2D eigenvalue weighted by atomic mass is 9.65. The van der Waals surface area contributed by atoms with Crippen LogP contribution >= 0.6 is 0 Å². The van der Waals surface area contributed by atoms with Gasteiger partial charge < -0.3 is 5.11 Å². The molecule has 0 spiro atoms. The van der Waals surface area contributed by atoms with Crippen molar-refractivity contribution in [1.82, 2.24) is 0 Å². The van der Waals surface area contributed by atoms with Gasteiger partial charge in [0.2, 0.25) is 0 Å². The van der Waals surface area contributed by atoms with E-state index in [0.29, 0.717) is 11.8 Å². The second-order valence-corrected chi connectivity index (χ2v) is 12.8. The van der Waals surface area contributed by atoms with Gasteiger partial charge in [-0.3, -0.25) is 0 Å². The Morgan fingerprint density at radius 3 is 1.48 bits per heavy atom. The van der Waals surface area contributed by atoms with Gasteiger partial charge in [0, 0.05) is 0 Å². The maximum Gasteiger partial charge on any atom is 0.0606 e. The molecule has 192 valence electrons. The zero-order valence-electron chi connectivity index (χ0n) is 23.5. The maximum absolute atomic E-state index is 11.7. The standard InChI is InChI=1S/C32H58O/c1-8-9-10-11-12-13-14-15-16-17-21-24-28(31(2,3)4)30(33)29(32(5,6)7)26-25-27-22-19-18-20-23-27/h18-20,22-23,28-30,33H,8-17,21,24-26H2,1-7H3. The van der Waals surface area contributed by atoms with E-state index in [1.165, 1.54) is 76.2 Å². The normalized spacial score (nSPS) is 15.4. The highest BCUT2D eigenvalue weighted by molar-refractivity contribution is 5.15. The molecule has 3 unspecified atom stereocenters. The molecule has 0 fully saturated rings. The molecule has 3 atom stereocenters. The van der Waals surface area contributed by atoms with Crippen LogP contribution < -0.4 is 0 Å². The fourth-order valence-corrected chi connectivity index (χ4v) is 5.51. The molecule has 0 aliphatic heterocycles. The Bertz CT molecular complexity index is 577. The van der Waals surface area contributed by atoms with Crippen molar-refractivity contribution in [2.75, 3.05) is 0 Å². The van der Waals surface area contributed by atoms with Gasteiger partial charge in [-0.25, -0.2) is 0 Å². The first-order valence-electron chi connectivity index (χ1n) is 14.3. The zero-order valence-corrected chi connectivity index (χ0v) is 23.5. The molecule has 1 N–H and O–H groups in total. The molecule has 0 amide bonds. The third-order valence-electron chi connectivity index (χ3n) is 7.75. The number of hydrogen-bond donors (Lipinski definition) is 1. The first-order valence-corrected chi connectivity index (χ1v) is 14.3. The van der Waals surface area contributed by atoms with E-state index in [4.69, 9.17) is 0 Å². The van der Waals surface area contributed by atoms with E-state index in [9.17, 15) is 5.11 Å². The Labute approximate surface area is 208 Å². The van der Waals surface area contributed by atoms with E-state index in [2.05, 4.69) is 78.8 Å². The molecule has 0 saturated heterocycles. The second-order valence-electron chi connectivity index (χ2n) is 12.8. The number of benzene rings is 1. The summed E-state index contributed by atoms with van der Waals surface area (Å²) < 4.78 is 0. The van der Waals surface area contributed by atoms with Crippen LogP contribution in [0.1, 0.15) is 138 Å².